The van der Waals surface area contributed by atoms with Crippen LogP contribution in [0.15, 0.2) is 51.7 Å². The van der Waals surface area contributed by atoms with Crippen LogP contribution in [0.1, 0.15) is 37.3 Å². The number of aryl methyl sites for hydroxylation is 1. The molecule has 4 rings (SSSR count). The van der Waals surface area contributed by atoms with Crippen LogP contribution in [0.4, 0.5) is 11.4 Å². The Hall–Kier alpha value is -3.28. The zero-order valence-corrected chi connectivity index (χ0v) is 18.9. The molecule has 1 aliphatic heterocycles. The monoisotopic (exact) mass is 434 g/mol. The summed E-state index contributed by atoms with van der Waals surface area (Å²) in [5, 5.41) is 3.78. The standard InChI is InChI=1S/C26H30N2O4/c1-17-12-14-28(15-13-17)20-6-4-19(5-7-20)27-25(29)11-10-23-18(2)22-9-8-21(31-3)16-24(22)32-26(23)30/h4-9,16-17H,10-15H2,1-3H3,(H,27,29). The van der Waals surface area contributed by atoms with Crippen molar-refractivity contribution in [1.82, 2.24) is 0 Å². The molecule has 32 heavy (non-hydrogen) atoms. The Labute approximate surface area is 188 Å². The van der Waals surface area contributed by atoms with E-state index < -0.39 is 5.63 Å². The van der Waals surface area contributed by atoms with E-state index in [1.165, 1.54) is 18.5 Å². The van der Waals surface area contributed by atoms with Crippen LogP contribution in [0.5, 0.6) is 5.75 Å². The Morgan fingerprint density at radius 1 is 1.16 bits per heavy atom. The molecule has 0 aliphatic carbocycles. The molecule has 0 unspecified atom stereocenters. The molecule has 1 fully saturated rings. The molecule has 0 spiro atoms. The fraction of sp³-hybridized carbons (Fsp3) is 0.385. The van der Waals surface area contributed by atoms with Crippen molar-refractivity contribution in [2.45, 2.75) is 39.5 Å². The van der Waals surface area contributed by atoms with Crippen molar-refractivity contribution in [3.05, 3.63) is 64.0 Å². The van der Waals surface area contributed by atoms with Crippen molar-refractivity contribution in [3.8, 4) is 5.75 Å². The summed E-state index contributed by atoms with van der Waals surface area (Å²) in [5.74, 6) is 1.30. The van der Waals surface area contributed by atoms with Crippen LogP contribution in [0.3, 0.4) is 0 Å². The van der Waals surface area contributed by atoms with Gasteiger partial charge in [0.05, 0.1) is 7.11 Å². The zero-order chi connectivity index (χ0) is 22.7. The van der Waals surface area contributed by atoms with Crippen molar-refractivity contribution >= 4 is 28.3 Å². The molecule has 2 aromatic carbocycles. The molecule has 6 heteroatoms. The number of hydrogen-bond donors (Lipinski definition) is 1. The van der Waals surface area contributed by atoms with E-state index in [0.717, 1.165) is 35.6 Å². The van der Waals surface area contributed by atoms with Gasteiger partial charge in [-0.2, -0.15) is 0 Å². The Morgan fingerprint density at radius 3 is 2.56 bits per heavy atom. The molecule has 1 saturated heterocycles. The molecule has 0 saturated carbocycles. The number of piperidine rings is 1. The van der Waals surface area contributed by atoms with Crippen molar-refractivity contribution in [2.75, 3.05) is 30.4 Å². The third-order valence-electron chi connectivity index (χ3n) is 6.40. The van der Waals surface area contributed by atoms with E-state index in [0.29, 0.717) is 23.3 Å². The first-order valence-corrected chi connectivity index (χ1v) is 11.2. The molecule has 168 valence electrons. The van der Waals surface area contributed by atoms with Gasteiger partial charge in [0.25, 0.3) is 0 Å². The fourth-order valence-electron chi connectivity index (χ4n) is 4.27. The van der Waals surface area contributed by atoms with Crippen LogP contribution >= 0.6 is 0 Å². The summed E-state index contributed by atoms with van der Waals surface area (Å²) in [4.78, 5) is 27.4. The van der Waals surface area contributed by atoms with Gasteiger partial charge in [0.2, 0.25) is 5.91 Å². The first kappa shape index (κ1) is 21.9. The van der Waals surface area contributed by atoms with E-state index in [1.807, 2.05) is 31.2 Å². The van der Waals surface area contributed by atoms with E-state index in [9.17, 15) is 9.59 Å². The second-order valence-electron chi connectivity index (χ2n) is 8.62. The Morgan fingerprint density at radius 2 is 1.88 bits per heavy atom. The lowest BCUT2D eigenvalue weighted by molar-refractivity contribution is -0.116. The van der Waals surface area contributed by atoms with Gasteiger partial charge in [0.1, 0.15) is 11.3 Å². The minimum absolute atomic E-state index is 0.127. The maximum Gasteiger partial charge on any atom is 0.339 e. The van der Waals surface area contributed by atoms with Gasteiger partial charge in [0.15, 0.2) is 0 Å². The highest BCUT2D eigenvalue weighted by Gasteiger charge is 2.16. The third-order valence-corrected chi connectivity index (χ3v) is 6.40. The van der Waals surface area contributed by atoms with Crippen LogP contribution in [0.25, 0.3) is 11.0 Å². The first-order valence-electron chi connectivity index (χ1n) is 11.2. The number of carbonyl (C=O) groups is 1. The Kier molecular flexibility index (Phi) is 6.49. The van der Waals surface area contributed by atoms with Gasteiger partial charge in [0, 0.05) is 47.9 Å². The minimum Gasteiger partial charge on any atom is -0.497 e. The predicted molar refractivity (Wildman–Crippen MR) is 128 cm³/mol. The molecule has 6 nitrogen and oxygen atoms in total. The number of amides is 1. The van der Waals surface area contributed by atoms with Gasteiger partial charge in [-0.15, -0.1) is 0 Å². The van der Waals surface area contributed by atoms with Crippen LogP contribution in [-0.2, 0) is 11.2 Å². The summed E-state index contributed by atoms with van der Waals surface area (Å²) in [6.45, 7) is 6.34. The van der Waals surface area contributed by atoms with E-state index in [4.69, 9.17) is 9.15 Å². The number of anilines is 2. The predicted octanol–water partition coefficient (Wildman–Crippen LogP) is 4.92. The first-order chi connectivity index (χ1) is 15.4. The second-order valence-corrected chi connectivity index (χ2v) is 8.62. The van der Waals surface area contributed by atoms with Crippen molar-refractivity contribution in [3.63, 3.8) is 0 Å². The molecule has 1 N–H and O–H groups in total. The maximum absolute atomic E-state index is 12.5. The highest BCUT2D eigenvalue weighted by atomic mass is 16.5. The molecule has 3 aromatic rings. The summed E-state index contributed by atoms with van der Waals surface area (Å²) >= 11 is 0. The average molecular weight is 435 g/mol. The van der Waals surface area contributed by atoms with E-state index >= 15 is 0 Å². The highest BCUT2D eigenvalue weighted by Crippen LogP contribution is 2.26. The quantitative estimate of drug-likeness (QED) is 0.558. The van der Waals surface area contributed by atoms with Gasteiger partial charge >= 0.3 is 5.63 Å². The lowest BCUT2D eigenvalue weighted by atomic mass is 9.99. The Bertz CT molecular complexity index is 1160. The van der Waals surface area contributed by atoms with Crippen LogP contribution in [-0.4, -0.2) is 26.1 Å². The number of fused-ring (bicyclic) bond motifs is 1. The third kappa shape index (κ3) is 4.79. The lowest BCUT2D eigenvalue weighted by Crippen LogP contribution is -2.32. The van der Waals surface area contributed by atoms with Gasteiger partial charge < -0.3 is 19.4 Å². The number of methoxy groups -OCH3 is 1. The zero-order valence-electron chi connectivity index (χ0n) is 18.9. The summed E-state index contributed by atoms with van der Waals surface area (Å²) in [6, 6.07) is 13.4. The molecule has 1 amide bonds. The number of rotatable bonds is 6. The molecule has 0 radical (unpaired) electrons. The Balaban J connectivity index is 1.39. The van der Waals surface area contributed by atoms with Gasteiger partial charge in [-0.3, -0.25) is 4.79 Å². The van der Waals surface area contributed by atoms with E-state index in [-0.39, 0.29) is 12.3 Å². The molecule has 0 bridgehead atoms. The highest BCUT2D eigenvalue weighted by molar-refractivity contribution is 5.91. The number of ether oxygens (including phenoxy) is 1. The normalized spacial score (nSPS) is 14.5. The number of benzene rings is 2. The maximum atomic E-state index is 12.5. The van der Waals surface area contributed by atoms with Crippen LogP contribution in [0, 0.1) is 12.8 Å². The molecule has 2 heterocycles. The average Bonchev–Trinajstić information content (AvgIpc) is 2.79. The largest absolute Gasteiger partial charge is 0.497 e. The number of hydrogen-bond acceptors (Lipinski definition) is 5. The SMILES string of the molecule is COc1ccc2c(C)c(CCC(=O)Nc3ccc(N4CCC(C)CC4)cc3)c(=O)oc2c1. The summed E-state index contributed by atoms with van der Waals surface area (Å²) in [5.41, 5.74) is 3.41. The number of nitrogens with zero attached hydrogens (tertiary/aromatic N) is 1. The number of carbonyl (C=O) groups excluding carboxylic acids is 1. The molecule has 0 atom stereocenters. The smallest absolute Gasteiger partial charge is 0.339 e. The minimum atomic E-state index is -0.406. The van der Waals surface area contributed by atoms with Crippen molar-refractivity contribution in [2.24, 2.45) is 5.92 Å². The van der Waals surface area contributed by atoms with Gasteiger partial charge in [-0.25, -0.2) is 4.79 Å². The summed E-state index contributed by atoms with van der Waals surface area (Å²) < 4.78 is 10.7. The van der Waals surface area contributed by atoms with Crippen molar-refractivity contribution in [1.29, 1.82) is 0 Å². The molecular weight excluding hydrogens is 404 g/mol. The van der Waals surface area contributed by atoms with Crippen molar-refractivity contribution < 1.29 is 13.9 Å². The van der Waals surface area contributed by atoms with Gasteiger partial charge in [-0.1, -0.05) is 6.92 Å². The summed E-state index contributed by atoms with van der Waals surface area (Å²) in [6.07, 6.45) is 2.97. The lowest BCUT2D eigenvalue weighted by Gasteiger charge is -2.32. The molecule has 1 aromatic heterocycles. The van der Waals surface area contributed by atoms with Crippen LogP contribution in [0.2, 0.25) is 0 Å². The fourth-order valence-corrected chi connectivity index (χ4v) is 4.27. The molecular formula is C26H30N2O4. The van der Waals surface area contributed by atoms with E-state index in [1.54, 1.807) is 13.2 Å². The van der Waals surface area contributed by atoms with Crippen LogP contribution < -0.4 is 20.6 Å². The topological polar surface area (TPSA) is 71.8 Å². The number of nitrogens with one attached hydrogen (secondary N) is 1. The second kappa shape index (κ2) is 9.47. The summed E-state index contributed by atoms with van der Waals surface area (Å²) in [7, 11) is 1.57. The molecule has 1 aliphatic rings. The van der Waals surface area contributed by atoms with Gasteiger partial charge in [-0.05, 0) is 74.1 Å². The van der Waals surface area contributed by atoms with E-state index in [2.05, 4.69) is 29.3 Å².